The number of pyridine rings is 1. The predicted molar refractivity (Wildman–Crippen MR) is 102 cm³/mol. The standard InChI is InChI=1S/C19H17N5OS/c1-3-11-26-19-22-18(25)16-13-8-4-5-9-14(13)21-17(24(16)23-19)15-10-6-7-12(2)20-15/h3-10,17H,1,11H2,2H3,(H,22,23,25)/t17-/m0/s1. The minimum atomic E-state index is -0.481. The van der Waals surface area contributed by atoms with E-state index in [4.69, 9.17) is 4.99 Å². The molecule has 7 heteroatoms. The molecule has 0 bridgehead atoms. The second-order valence-corrected chi connectivity index (χ2v) is 6.88. The summed E-state index contributed by atoms with van der Waals surface area (Å²) in [6, 6.07) is 13.4. The molecule has 1 atom stereocenters. The number of hydrogen-bond donors (Lipinski definition) is 1. The molecule has 4 rings (SSSR count). The number of fused-ring (bicyclic) bond motifs is 2. The Labute approximate surface area is 155 Å². The van der Waals surface area contributed by atoms with Gasteiger partial charge in [-0.15, -0.1) is 11.7 Å². The lowest BCUT2D eigenvalue weighted by atomic mass is 10.1. The van der Waals surface area contributed by atoms with Crippen LogP contribution in [0.2, 0.25) is 0 Å². The molecular formula is C19H17N5OS. The Bertz CT molecular complexity index is 1050. The normalized spacial score (nSPS) is 18.3. The van der Waals surface area contributed by atoms with Gasteiger partial charge >= 0.3 is 0 Å². The Hall–Kier alpha value is -2.93. The highest BCUT2D eigenvalue weighted by molar-refractivity contribution is 8.14. The molecule has 0 spiro atoms. The number of hydrazone groups is 1. The van der Waals surface area contributed by atoms with Crippen molar-refractivity contribution in [1.82, 2.24) is 15.3 Å². The van der Waals surface area contributed by atoms with Crippen molar-refractivity contribution in [3.05, 3.63) is 77.1 Å². The molecule has 1 aromatic carbocycles. The number of rotatable bonds is 3. The van der Waals surface area contributed by atoms with Gasteiger partial charge in [-0.2, -0.15) is 0 Å². The van der Waals surface area contributed by atoms with E-state index in [1.54, 1.807) is 11.1 Å². The molecule has 1 amide bonds. The molecule has 0 unspecified atom stereocenters. The molecule has 0 fully saturated rings. The summed E-state index contributed by atoms with van der Waals surface area (Å²) in [4.78, 5) is 22.3. The Morgan fingerprint density at radius 3 is 2.92 bits per heavy atom. The summed E-state index contributed by atoms with van der Waals surface area (Å²) in [5.41, 5.74) is 2.14. The van der Waals surface area contributed by atoms with Crippen LogP contribution in [0.15, 0.2) is 65.2 Å². The third-order valence-electron chi connectivity index (χ3n) is 4.03. The van der Waals surface area contributed by atoms with Gasteiger partial charge in [-0.05, 0) is 25.1 Å². The molecule has 0 saturated heterocycles. The van der Waals surface area contributed by atoms with E-state index in [0.717, 1.165) is 22.0 Å². The Morgan fingerprint density at radius 1 is 1.27 bits per heavy atom. The molecule has 130 valence electrons. The van der Waals surface area contributed by atoms with Gasteiger partial charge in [0.15, 0.2) is 11.3 Å². The van der Waals surface area contributed by atoms with Crippen LogP contribution in [0, 0.1) is 6.92 Å². The van der Waals surface area contributed by atoms with E-state index in [2.05, 4.69) is 22.0 Å². The first-order valence-corrected chi connectivity index (χ1v) is 9.19. The quantitative estimate of drug-likeness (QED) is 0.838. The lowest BCUT2D eigenvalue weighted by Crippen LogP contribution is -2.50. The average molecular weight is 363 g/mol. The van der Waals surface area contributed by atoms with Gasteiger partial charge in [-0.3, -0.25) is 20.1 Å². The van der Waals surface area contributed by atoms with Crippen molar-refractivity contribution in [3.8, 4) is 0 Å². The maximum atomic E-state index is 12.8. The predicted octanol–water partition coefficient (Wildman–Crippen LogP) is 1.45. The minimum Gasteiger partial charge on any atom is -0.298 e. The van der Waals surface area contributed by atoms with Gasteiger partial charge in [0, 0.05) is 16.7 Å². The van der Waals surface area contributed by atoms with Gasteiger partial charge in [-0.1, -0.05) is 42.1 Å². The van der Waals surface area contributed by atoms with Gasteiger partial charge in [0.25, 0.3) is 5.91 Å². The van der Waals surface area contributed by atoms with Crippen molar-refractivity contribution in [1.29, 1.82) is 0 Å². The van der Waals surface area contributed by atoms with Crippen molar-refractivity contribution >= 4 is 28.5 Å². The molecule has 1 aromatic heterocycles. The molecule has 1 N–H and O–H groups in total. The van der Waals surface area contributed by atoms with Crippen molar-refractivity contribution in [2.75, 3.05) is 5.75 Å². The molecule has 2 aliphatic heterocycles. The van der Waals surface area contributed by atoms with E-state index in [0.29, 0.717) is 16.6 Å². The fourth-order valence-electron chi connectivity index (χ4n) is 2.93. The van der Waals surface area contributed by atoms with E-state index >= 15 is 0 Å². The Balaban J connectivity index is 1.92. The van der Waals surface area contributed by atoms with Crippen LogP contribution in [-0.2, 0) is 4.79 Å². The Morgan fingerprint density at radius 2 is 2.12 bits per heavy atom. The van der Waals surface area contributed by atoms with Gasteiger partial charge in [0.05, 0.1) is 11.1 Å². The van der Waals surface area contributed by atoms with E-state index in [9.17, 15) is 4.79 Å². The van der Waals surface area contributed by atoms with Crippen molar-refractivity contribution in [3.63, 3.8) is 0 Å². The smallest absolute Gasteiger partial charge is 0.276 e. The summed E-state index contributed by atoms with van der Waals surface area (Å²) >= 11 is 1.42. The fraction of sp³-hybridized carbons (Fsp3) is 0.158. The summed E-state index contributed by atoms with van der Waals surface area (Å²) in [6.07, 6.45) is 1.29. The fourth-order valence-corrected chi connectivity index (χ4v) is 3.52. The van der Waals surface area contributed by atoms with Gasteiger partial charge in [0.1, 0.15) is 5.70 Å². The maximum absolute atomic E-state index is 12.8. The SMILES string of the molecule is C=CCSC1=NN2C(=c3ccccc3=N[C@@H]2c2cccc(C)n2)C(=O)N1. The average Bonchev–Trinajstić information content (AvgIpc) is 2.65. The second-order valence-electron chi connectivity index (χ2n) is 5.88. The number of hydrogen-bond acceptors (Lipinski definition) is 6. The minimum absolute atomic E-state index is 0.188. The van der Waals surface area contributed by atoms with Crippen LogP contribution in [0.3, 0.4) is 0 Å². The number of nitrogens with zero attached hydrogens (tertiary/aromatic N) is 4. The molecular weight excluding hydrogens is 346 g/mol. The topological polar surface area (TPSA) is 70.0 Å². The maximum Gasteiger partial charge on any atom is 0.276 e. The second kappa shape index (κ2) is 6.76. The monoisotopic (exact) mass is 363 g/mol. The number of para-hydroxylation sites is 1. The molecule has 0 aliphatic carbocycles. The van der Waals surface area contributed by atoms with Crippen LogP contribution in [0.4, 0.5) is 0 Å². The third-order valence-corrected chi connectivity index (χ3v) is 4.89. The zero-order valence-corrected chi connectivity index (χ0v) is 15.0. The van der Waals surface area contributed by atoms with Gasteiger partial charge in [0.2, 0.25) is 0 Å². The first kappa shape index (κ1) is 16.5. The largest absolute Gasteiger partial charge is 0.298 e. The number of nitrogens with one attached hydrogen (secondary N) is 1. The highest BCUT2D eigenvalue weighted by atomic mass is 32.2. The number of amidine groups is 1. The molecule has 6 nitrogen and oxygen atoms in total. The molecule has 0 saturated carbocycles. The number of carbonyl (C=O) groups is 1. The summed E-state index contributed by atoms with van der Waals surface area (Å²) in [5, 5.41) is 11.2. The highest BCUT2D eigenvalue weighted by Gasteiger charge is 2.34. The van der Waals surface area contributed by atoms with Crippen molar-refractivity contribution < 1.29 is 4.79 Å². The van der Waals surface area contributed by atoms with Crippen LogP contribution in [0.5, 0.6) is 0 Å². The van der Waals surface area contributed by atoms with Crippen molar-refractivity contribution in [2.24, 2.45) is 10.1 Å². The number of thioether (sulfide) groups is 1. The number of aromatic nitrogens is 1. The van der Waals surface area contributed by atoms with Gasteiger partial charge in [-0.25, -0.2) is 5.01 Å². The van der Waals surface area contributed by atoms with E-state index < -0.39 is 6.17 Å². The number of aryl methyl sites for hydroxylation is 1. The summed E-state index contributed by atoms with van der Waals surface area (Å²) < 4.78 is 0. The van der Waals surface area contributed by atoms with E-state index in [1.165, 1.54) is 11.8 Å². The zero-order valence-electron chi connectivity index (χ0n) is 14.2. The molecule has 3 heterocycles. The highest BCUT2D eigenvalue weighted by Crippen LogP contribution is 2.29. The van der Waals surface area contributed by atoms with Crippen LogP contribution in [-0.4, -0.2) is 26.8 Å². The zero-order chi connectivity index (χ0) is 18.1. The van der Waals surface area contributed by atoms with Crippen LogP contribution in [0.1, 0.15) is 17.6 Å². The molecule has 26 heavy (non-hydrogen) atoms. The van der Waals surface area contributed by atoms with Gasteiger partial charge < -0.3 is 0 Å². The van der Waals surface area contributed by atoms with Crippen molar-refractivity contribution in [2.45, 2.75) is 13.1 Å². The summed E-state index contributed by atoms with van der Waals surface area (Å²) in [6.45, 7) is 5.64. The summed E-state index contributed by atoms with van der Waals surface area (Å²) in [7, 11) is 0. The lowest BCUT2D eigenvalue weighted by Gasteiger charge is -2.33. The number of carbonyl (C=O) groups excluding carboxylic acids is 1. The van der Waals surface area contributed by atoms with Crippen LogP contribution in [0.25, 0.3) is 5.70 Å². The summed E-state index contributed by atoms with van der Waals surface area (Å²) in [5.74, 6) is 0.468. The first-order chi connectivity index (χ1) is 12.7. The molecule has 2 aliphatic rings. The molecule has 0 radical (unpaired) electrons. The third kappa shape index (κ3) is 2.90. The van der Waals surface area contributed by atoms with Crippen LogP contribution < -0.4 is 15.9 Å². The van der Waals surface area contributed by atoms with E-state index in [1.807, 2.05) is 49.4 Å². The number of amides is 1. The Kier molecular flexibility index (Phi) is 4.30. The first-order valence-electron chi connectivity index (χ1n) is 8.21. The van der Waals surface area contributed by atoms with E-state index in [-0.39, 0.29) is 5.91 Å². The number of benzene rings is 1. The van der Waals surface area contributed by atoms with Crippen LogP contribution >= 0.6 is 11.8 Å². The lowest BCUT2D eigenvalue weighted by molar-refractivity contribution is -0.116. The molecule has 2 aromatic rings.